The van der Waals surface area contributed by atoms with Crippen molar-refractivity contribution in [2.45, 2.75) is 39.2 Å². The van der Waals surface area contributed by atoms with Gasteiger partial charge in [0, 0.05) is 18.7 Å². The molecular weight excluding hydrogens is 368 g/mol. The van der Waals surface area contributed by atoms with Gasteiger partial charge in [-0.1, -0.05) is 32.0 Å². The van der Waals surface area contributed by atoms with Gasteiger partial charge in [-0.2, -0.15) is 0 Å². The maximum absolute atomic E-state index is 12.8. The van der Waals surface area contributed by atoms with Crippen molar-refractivity contribution in [1.82, 2.24) is 5.32 Å². The minimum absolute atomic E-state index is 0.0122. The van der Waals surface area contributed by atoms with Crippen molar-refractivity contribution in [2.24, 2.45) is 5.92 Å². The van der Waals surface area contributed by atoms with E-state index in [1.54, 1.807) is 4.90 Å². The maximum Gasteiger partial charge on any atom is 0.231 e. The third-order valence-electron chi connectivity index (χ3n) is 5.60. The summed E-state index contributed by atoms with van der Waals surface area (Å²) in [4.78, 5) is 27.1. The molecule has 6 heteroatoms. The van der Waals surface area contributed by atoms with Crippen LogP contribution in [0.25, 0.3) is 0 Å². The molecule has 2 aromatic rings. The molecule has 2 aromatic carbocycles. The lowest BCUT2D eigenvalue weighted by Crippen LogP contribution is -2.34. The zero-order valence-corrected chi connectivity index (χ0v) is 17.0. The van der Waals surface area contributed by atoms with Crippen LogP contribution in [0.15, 0.2) is 42.5 Å². The van der Waals surface area contributed by atoms with Crippen molar-refractivity contribution in [3.05, 3.63) is 53.6 Å². The van der Waals surface area contributed by atoms with Crippen LogP contribution in [0.2, 0.25) is 0 Å². The zero-order valence-electron chi connectivity index (χ0n) is 17.0. The molecule has 0 bridgehead atoms. The minimum Gasteiger partial charge on any atom is -0.454 e. The summed E-state index contributed by atoms with van der Waals surface area (Å²) in [7, 11) is 0. The first-order chi connectivity index (χ1) is 13.9. The SMILES string of the molecule is CC(C)c1cccc(N2CC(C(=O)NC(C)c3ccc4c(c3)OCO4)CC2=O)c1. The standard InChI is InChI=1S/C23H26N2O4/c1-14(2)16-5-4-6-19(9-16)25-12-18(11-22(25)26)23(27)24-15(3)17-7-8-20-21(10-17)29-13-28-20/h4-10,14-15,18H,11-13H2,1-3H3,(H,24,27). The average molecular weight is 394 g/mol. The van der Waals surface area contributed by atoms with Crippen molar-refractivity contribution in [3.63, 3.8) is 0 Å². The second kappa shape index (κ2) is 7.78. The van der Waals surface area contributed by atoms with Crippen molar-refractivity contribution in [3.8, 4) is 11.5 Å². The molecule has 0 aromatic heterocycles. The summed E-state index contributed by atoms with van der Waals surface area (Å²) in [5.74, 6) is 1.31. The van der Waals surface area contributed by atoms with E-state index < -0.39 is 0 Å². The largest absolute Gasteiger partial charge is 0.454 e. The van der Waals surface area contributed by atoms with E-state index in [4.69, 9.17) is 9.47 Å². The van der Waals surface area contributed by atoms with Gasteiger partial charge >= 0.3 is 0 Å². The van der Waals surface area contributed by atoms with E-state index in [-0.39, 0.29) is 37.0 Å². The summed E-state index contributed by atoms with van der Waals surface area (Å²) in [6.07, 6.45) is 0.228. The Bertz CT molecular complexity index is 940. The van der Waals surface area contributed by atoms with Crippen LogP contribution in [0.4, 0.5) is 5.69 Å². The molecule has 2 heterocycles. The van der Waals surface area contributed by atoms with Gasteiger partial charge in [0.2, 0.25) is 18.6 Å². The fourth-order valence-corrected chi connectivity index (χ4v) is 3.78. The van der Waals surface area contributed by atoms with E-state index in [2.05, 4.69) is 25.2 Å². The normalized spacial score (nSPS) is 19.0. The molecule has 2 aliphatic heterocycles. The third kappa shape index (κ3) is 3.92. The number of rotatable bonds is 5. The van der Waals surface area contributed by atoms with Gasteiger partial charge in [-0.05, 0) is 48.2 Å². The number of benzene rings is 2. The van der Waals surface area contributed by atoms with Crippen LogP contribution >= 0.6 is 0 Å². The summed E-state index contributed by atoms with van der Waals surface area (Å²) in [6, 6.07) is 13.5. The van der Waals surface area contributed by atoms with Crippen molar-refractivity contribution in [2.75, 3.05) is 18.2 Å². The number of amides is 2. The lowest BCUT2D eigenvalue weighted by Gasteiger charge is -2.20. The Balaban J connectivity index is 1.42. The van der Waals surface area contributed by atoms with Crippen molar-refractivity contribution in [1.29, 1.82) is 0 Å². The van der Waals surface area contributed by atoms with Crippen molar-refractivity contribution < 1.29 is 19.1 Å². The zero-order chi connectivity index (χ0) is 20.5. The first-order valence-electron chi connectivity index (χ1n) is 10.0. The number of carbonyl (C=O) groups excluding carboxylic acids is 2. The summed E-state index contributed by atoms with van der Waals surface area (Å²) < 4.78 is 10.7. The monoisotopic (exact) mass is 394 g/mol. The summed E-state index contributed by atoms with van der Waals surface area (Å²) >= 11 is 0. The molecule has 0 saturated carbocycles. The Kier molecular flexibility index (Phi) is 5.18. The van der Waals surface area contributed by atoms with E-state index in [1.165, 1.54) is 5.56 Å². The quantitative estimate of drug-likeness (QED) is 0.838. The molecule has 0 spiro atoms. The molecule has 1 fully saturated rings. The highest BCUT2D eigenvalue weighted by atomic mass is 16.7. The summed E-state index contributed by atoms with van der Waals surface area (Å²) in [5, 5.41) is 3.04. The van der Waals surface area contributed by atoms with Gasteiger partial charge in [-0.25, -0.2) is 0 Å². The van der Waals surface area contributed by atoms with Gasteiger partial charge in [-0.3, -0.25) is 9.59 Å². The molecule has 2 aliphatic rings. The molecule has 152 valence electrons. The summed E-state index contributed by atoms with van der Waals surface area (Å²) in [6.45, 7) is 6.80. The molecule has 0 radical (unpaired) electrons. The first kappa shape index (κ1) is 19.3. The third-order valence-corrected chi connectivity index (χ3v) is 5.60. The Morgan fingerprint density at radius 3 is 2.66 bits per heavy atom. The predicted octanol–water partition coefficient (Wildman–Crippen LogP) is 3.77. The minimum atomic E-state index is -0.360. The number of fused-ring (bicyclic) bond motifs is 1. The van der Waals surface area contributed by atoms with Crippen LogP contribution in [-0.4, -0.2) is 25.2 Å². The molecule has 2 atom stereocenters. The maximum atomic E-state index is 12.8. The highest BCUT2D eigenvalue weighted by Gasteiger charge is 2.35. The van der Waals surface area contributed by atoms with Gasteiger partial charge in [0.25, 0.3) is 0 Å². The molecule has 0 aliphatic carbocycles. The van der Waals surface area contributed by atoms with E-state index in [9.17, 15) is 9.59 Å². The molecular formula is C23H26N2O4. The number of ether oxygens (including phenoxy) is 2. The fraction of sp³-hybridized carbons (Fsp3) is 0.391. The summed E-state index contributed by atoms with van der Waals surface area (Å²) in [5.41, 5.74) is 2.98. The predicted molar refractivity (Wildman–Crippen MR) is 110 cm³/mol. The van der Waals surface area contributed by atoms with Crippen LogP contribution in [0, 0.1) is 5.92 Å². The van der Waals surface area contributed by atoms with Crippen LogP contribution in [-0.2, 0) is 9.59 Å². The van der Waals surface area contributed by atoms with Crippen LogP contribution in [0.1, 0.15) is 50.3 Å². The number of carbonyl (C=O) groups is 2. The van der Waals surface area contributed by atoms with E-state index >= 15 is 0 Å². The van der Waals surface area contributed by atoms with E-state index in [0.717, 1.165) is 11.3 Å². The smallest absolute Gasteiger partial charge is 0.231 e. The molecule has 2 unspecified atom stereocenters. The molecule has 1 saturated heterocycles. The molecule has 29 heavy (non-hydrogen) atoms. The topological polar surface area (TPSA) is 67.9 Å². The molecule has 1 N–H and O–H groups in total. The van der Waals surface area contributed by atoms with Crippen molar-refractivity contribution >= 4 is 17.5 Å². The Hall–Kier alpha value is -3.02. The second-order valence-electron chi connectivity index (χ2n) is 8.00. The Morgan fingerprint density at radius 2 is 1.86 bits per heavy atom. The Labute approximate surface area is 170 Å². The van der Waals surface area contributed by atoms with Crippen LogP contribution in [0.3, 0.4) is 0 Å². The average Bonchev–Trinajstić information content (AvgIpc) is 3.33. The number of nitrogens with one attached hydrogen (secondary N) is 1. The van der Waals surface area contributed by atoms with Gasteiger partial charge in [0.05, 0.1) is 12.0 Å². The van der Waals surface area contributed by atoms with Crippen LogP contribution in [0.5, 0.6) is 11.5 Å². The number of hydrogen-bond acceptors (Lipinski definition) is 4. The van der Waals surface area contributed by atoms with E-state index in [0.29, 0.717) is 24.0 Å². The van der Waals surface area contributed by atoms with Gasteiger partial charge in [0.15, 0.2) is 11.5 Å². The number of anilines is 1. The lowest BCUT2D eigenvalue weighted by molar-refractivity contribution is -0.126. The van der Waals surface area contributed by atoms with Gasteiger partial charge in [0.1, 0.15) is 0 Å². The van der Waals surface area contributed by atoms with Gasteiger partial charge < -0.3 is 19.7 Å². The van der Waals surface area contributed by atoms with Crippen LogP contribution < -0.4 is 19.7 Å². The highest BCUT2D eigenvalue weighted by molar-refractivity contribution is 6.00. The molecule has 6 nitrogen and oxygen atoms in total. The molecule has 4 rings (SSSR count). The lowest BCUT2D eigenvalue weighted by atomic mass is 10.0. The number of hydrogen-bond donors (Lipinski definition) is 1. The Morgan fingerprint density at radius 1 is 1.07 bits per heavy atom. The first-order valence-corrected chi connectivity index (χ1v) is 10.0. The highest BCUT2D eigenvalue weighted by Crippen LogP contribution is 2.34. The second-order valence-corrected chi connectivity index (χ2v) is 8.00. The number of nitrogens with zero attached hydrogens (tertiary/aromatic N) is 1. The molecule has 2 amide bonds. The van der Waals surface area contributed by atoms with E-state index in [1.807, 2.05) is 43.3 Å². The fourth-order valence-electron chi connectivity index (χ4n) is 3.78. The van der Waals surface area contributed by atoms with Gasteiger partial charge in [-0.15, -0.1) is 0 Å².